The van der Waals surface area contributed by atoms with Gasteiger partial charge in [0.05, 0.1) is 0 Å². The number of nitrogens with zero attached hydrogens (tertiary/aromatic N) is 1. The average Bonchev–Trinajstić information content (AvgIpc) is 2.86. The van der Waals surface area contributed by atoms with Gasteiger partial charge in [-0.15, -0.1) is 0 Å². The van der Waals surface area contributed by atoms with Crippen molar-refractivity contribution in [3.8, 4) is 0 Å². The average molecular weight is 210 g/mol. The van der Waals surface area contributed by atoms with Gasteiger partial charge in [-0.1, -0.05) is 26.2 Å². The summed E-state index contributed by atoms with van der Waals surface area (Å²) in [6.45, 7) is 4.79. The molecule has 2 saturated carbocycles. The molecular formula is C13H26N2. The van der Waals surface area contributed by atoms with E-state index in [4.69, 9.17) is 5.73 Å². The Bertz CT molecular complexity index is 187. The summed E-state index contributed by atoms with van der Waals surface area (Å²) in [6.07, 6.45) is 9.71. The van der Waals surface area contributed by atoms with E-state index in [1.54, 1.807) is 0 Å². The second kappa shape index (κ2) is 5.31. The van der Waals surface area contributed by atoms with Crippen LogP contribution in [0.5, 0.6) is 0 Å². The number of hydrogen-bond donors (Lipinski definition) is 1. The summed E-state index contributed by atoms with van der Waals surface area (Å²) in [5.74, 6) is 0.783. The molecule has 2 aliphatic carbocycles. The third-order valence-electron chi connectivity index (χ3n) is 4.43. The first-order valence-corrected chi connectivity index (χ1v) is 6.81. The maximum Gasteiger partial charge on any atom is 0.00952 e. The lowest BCUT2D eigenvalue weighted by molar-refractivity contribution is 0.172. The van der Waals surface area contributed by atoms with Crippen molar-refractivity contribution < 1.29 is 0 Å². The fraction of sp³-hybridized carbons (Fsp3) is 1.00. The maximum atomic E-state index is 6.15. The first kappa shape index (κ1) is 11.4. The van der Waals surface area contributed by atoms with E-state index >= 15 is 0 Å². The first-order valence-electron chi connectivity index (χ1n) is 6.81. The lowest BCUT2D eigenvalue weighted by atomic mass is 10.0. The van der Waals surface area contributed by atoms with Crippen molar-refractivity contribution in [2.24, 2.45) is 11.7 Å². The zero-order valence-corrected chi connectivity index (χ0v) is 10.1. The van der Waals surface area contributed by atoms with E-state index < -0.39 is 0 Å². The Morgan fingerprint density at radius 2 is 1.80 bits per heavy atom. The second-order valence-electron chi connectivity index (χ2n) is 5.38. The van der Waals surface area contributed by atoms with Crippen LogP contribution in [0.3, 0.4) is 0 Å². The molecule has 0 aromatic carbocycles. The SMILES string of the molecule is CCN(CC1CCCC1N)C1CCCC1. The first-order chi connectivity index (χ1) is 7.31. The Labute approximate surface area is 94.2 Å². The molecule has 0 heterocycles. The van der Waals surface area contributed by atoms with Crippen molar-refractivity contribution in [3.63, 3.8) is 0 Å². The van der Waals surface area contributed by atoms with Crippen molar-refractivity contribution >= 4 is 0 Å². The molecule has 0 amide bonds. The van der Waals surface area contributed by atoms with Crippen molar-refractivity contribution in [1.29, 1.82) is 0 Å². The molecule has 0 aromatic heterocycles. The summed E-state index contributed by atoms with van der Waals surface area (Å²) in [4.78, 5) is 2.70. The number of nitrogens with two attached hydrogens (primary N) is 1. The van der Waals surface area contributed by atoms with Crippen LogP contribution in [-0.4, -0.2) is 30.1 Å². The summed E-state index contributed by atoms with van der Waals surface area (Å²) in [5.41, 5.74) is 6.15. The standard InChI is InChI=1S/C13H26N2/c1-2-15(12-7-3-4-8-12)10-11-6-5-9-13(11)14/h11-13H,2-10,14H2,1H3. The van der Waals surface area contributed by atoms with Gasteiger partial charge in [-0.3, -0.25) is 0 Å². The molecule has 2 fully saturated rings. The third-order valence-corrected chi connectivity index (χ3v) is 4.43. The van der Waals surface area contributed by atoms with Crippen LogP contribution in [0.25, 0.3) is 0 Å². The highest BCUT2D eigenvalue weighted by Gasteiger charge is 2.29. The van der Waals surface area contributed by atoms with Gasteiger partial charge in [0.15, 0.2) is 0 Å². The van der Waals surface area contributed by atoms with Crippen LogP contribution in [-0.2, 0) is 0 Å². The summed E-state index contributed by atoms with van der Waals surface area (Å²) in [6, 6.07) is 1.36. The van der Waals surface area contributed by atoms with E-state index in [9.17, 15) is 0 Å². The normalized spacial score (nSPS) is 33.0. The van der Waals surface area contributed by atoms with Gasteiger partial charge in [-0.25, -0.2) is 0 Å². The number of rotatable bonds is 4. The van der Waals surface area contributed by atoms with Crippen LogP contribution >= 0.6 is 0 Å². The molecule has 88 valence electrons. The predicted molar refractivity (Wildman–Crippen MR) is 64.8 cm³/mol. The monoisotopic (exact) mass is 210 g/mol. The summed E-state index contributed by atoms with van der Waals surface area (Å²) >= 11 is 0. The molecule has 0 radical (unpaired) electrons. The van der Waals surface area contributed by atoms with Crippen LogP contribution < -0.4 is 5.73 Å². The molecule has 0 aromatic rings. The lowest BCUT2D eigenvalue weighted by Crippen LogP contribution is -2.40. The van der Waals surface area contributed by atoms with Gasteiger partial charge >= 0.3 is 0 Å². The minimum Gasteiger partial charge on any atom is -0.327 e. The largest absolute Gasteiger partial charge is 0.327 e. The van der Waals surface area contributed by atoms with Gasteiger partial charge in [-0.05, 0) is 38.1 Å². The molecular weight excluding hydrogens is 184 g/mol. The van der Waals surface area contributed by atoms with Gasteiger partial charge in [-0.2, -0.15) is 0 Å². The highest BCUT2D eigenvalue weighted by Crippen LogP contribution is 2.29. The van der Waals surface area contributed by atoms with E-state index in [0.717, 1.165) is 12.0 Å². The van der Waals surface area contributed by atoms with Crippen molar-refractivity contribution in [2.45, 2.75) is 64.0 Å². The Morgan fingerprint density at radius 1 is 1.07 bits per heavy atom. The van der Waals surface area contributed by atoms with E-state index in [2.05, 4.69) is 11.8 Å². The maximum absolute atomic E-state index is 6.15. The minimum atomic E-state index is 0.487. The smallest absolute Gasteiger partial charge is 0.00952 e. The minimum absolute atomic E-state index is 0.487. The number of hydrogen-bond acceptors (Lipinski definition) is 2. The second-order valence-corrected chi connectivity index (χ2v) is 5.38. The van der Waals surface area contributed by atoms with Gasteiger partial charge in [0, 0.05) is 18.6 Å². The highest BCUT2D eigenvalue weighted by molar-refractivity contribution is 4.85. The zero-order chi connectivity index (χ0) is 10.7. The predicted octanol–water partition coefficient (Wildman–Crippen LogP) is 2.38. The molecule has 2 heteroatoms. The van der Waals surface area contributed by atoms with Crippen LogP contribution in [0, 0.1) is 5.92 Å². The Balaban J connectivity index is 1.84. The molecule has 2 nitrogen and oxygen atoms in total. The van der Waals surface area contributed by atoms with Gasteiger partial charge < -0.3 is 10.6 Å². The topological polar surface area (TPSA) is 29.3 Å². The molecule has 2 atom stereocenters. The van der Waals surface area contributed by atoms with E-state index in [1.165, 1.54) is 58.0 Å². The fourth-order valence-electron chi connectivity index (χ4n) is 3.40. The molecule has 15 heavy (non-hydrogen) atoms. The Kier molecular flexibility index (Phi) is 4.04. The molecule has 0 bridgehead atoms. The molecule has 0 aliphatic heterocycles. The molecule has 2 rings (SSSR count). The van der Waals surface area contributed by atoms with Crippen molar-refractivity contribution in [3.05, 3.63) is 0 Å². The molecule has 2 unspecified atom stereocenters. The summed E-state index contributed by atoms with van der Waals surface area (Å²) < 4.78 is 0. The summed E-state index contributed by atoms with van der Waals surface area (Å²) in [7, 11) is 0. The molecule has 2 N–H and O–H groups in total. The van der Waals surface area contributed by atoms with Crippen LogP contribution in [0.15, 0.2) is 0 Å². The fourth-order valence-corrected chi connectivity index (χ4v) is 3.40. The highest BCUT2D eigenvalue weighted by atomic mass is 15.2. The van der Waals surface area contributed by atoms with Gasteiger partial charge in [0.1, 0.15) is 0 Å². The van der Waals surface area contributed by atoms with Crippen molar-refractivity contribution in [1.82, 2.24) is 4.90 Å². The van der Waals surface area contributed by atoms with Crippen molar-refractivity contribution in [2.75, 3.05) is 13.1 Å². The zero-order valence-electron chi connectivity index (χ0n) is 10.1. The van der Waals surface area contributed by atoms with E-state index in [1.807, 2.05) is 0 Å². The third kappa shape index (κ3) is 2.73. The summed E-state index contributed by atoms with van der Waals surface area (Å²) in [5, 5.41) is 0. The Morgan fingerprint density at radius 3 is 2.33 bits per heavy atom. The van der Waals surface area contributed by atoms with Crippen LogP contribution in [0.1, 0.15) is 51.9 Å². The molecule has 0 saturated heterocycles. The van der Waals surface area contributed by atoms with Crippen LogP contribution in [0.2, 0.25) is 0 Å². The van der Waals surface area contributed by atoms with Crippen LogP contribution in [0.4, 0.5) is 0 Å². The van der Waals surface area contributed by atoms with E-state index in [-0.39, 0.29) is 0 Å². The lowest BCUT2D eigenvalue weighted by Gasteiger charge is -2.31. The quantitative estimate of drug-likeness (QED) is 0.772. The van der Waals surface area contributed by atoms with Gasteiger partial charge in [0.2, 0.25) is 0 Å². The Hall–Kier alpha value is -0.0800. The van der Waals surface area contributed by atoms with Gasteiger partial charge in [0.25, 0.3) is 0 Å². The molecule has 2 aliphatic rings. The van der Waals surface area contributed by atoms with E-state index in [0.29, 0.717) is 6.04 Å². The molecule has 0 spiro atoms.